The molecule has 33 nitrogen and oxygen atoms in total. The summed E-state index contributed by atoms with van der Waals surface area (Å²) in [5, 5.41) is 37.3. The van der Waals surface area contributed by atoms with Gasteiger partial charge >= 0.3 is 5.97 Å². The molecule has 0 saturated carbocycles. The first-order chi connectivity index (χ1) is 46.6. The number of hydrogen-bond acceptors (Lipinski definition) is 23. The Hall–Kier alpha value is -5.92. The van der Waals surface area contributed by atoms with Crippen LogP contribution in [0.2, 0.25) is 0 Å². The van der Waals surface area contributed by atoms with E-state index in [2.05, 4.69) is 65.8 Å². The molecule has 33 N–H and O–H groups in total. The standard InChI is InChI=1S/C63H127N21O12S/c64-31-11-1-21-43(75-53(85)42(74)41-97)54(86)76-44(22-2-12-32-65)55(87)77-45(23-3-13-33-66)56(88)78-46(24-4-14-34-67)57(89)79-47(25-5-15-35-68)58(90)80-48(26-6-16-36-69)59(91)81-49(27-7-17-37-70)60(92)82-50(28-8-18-38-71)61(93)83-51(29-9-19-39-72)62(94)84-52(63(95)96)30-10-20-40-73/h42-52,97H,1-41,64-74H2,(H,75,85)(H,76,86)(H,77,87)(H,78,88)(H,79,89)(H,80,90)(H,81,91)(H,82,92)(H,83,93)(H,84,94)(H,95,96)/t42-,43-,44-,45-,46-,47-,48-,49-,50-,51-,52-/m0/s1. The molecule has 0 fully saturated rings. The van der Waals surface area contributed by atoms with Crippen LogP contribution in [0.3, 0.4) is 0 Å². The molecule has 0 heterocycles. The maximum atomic E-state index is 14.7. The molecule has 0 aliphatic rings. The van der Waals surface area contributed by atoms with Gasteiger partial charge < -0.3 is 121 Å². The van der Waals surface area contributed by atoms with E-state index in [0.717, 1.165) is 0 Å². The Bertz CT molecular complexity index is 2250. The SMILES string of the molecule is NCCCC[C@H](NC(=O)[C@H](CCCCN)NC(=O)[C@H](CCCCN)NC(=O)[C@H](CCCCN)NC(=O)[C@H](CCCCN)NC(=O)[C@H](CCCCN)NC(=O)[C@H](CCCCN)NC(=O)[C@H](CCCCN)NC(=O)[C@H](CCCCN)NC(=O)[C@H](CCCCN)NC(=O)[C@@H](N)CS)C(=O)O. The molecule has 0 aromatic rings. The van der Waals surface area contributed by atoms with Crippen molar-refractivity contribution in [1.82, 2.24) is 53.2 Å². The van der Waals surface area contributed by atoms with E-state index in [1.54, 1.807) is 0 Å². The second-order valence-electron chi connectivity index (χ2n) is 24.6. The fraction of sp³-hybridized carbons (Fsp3) is 0.825. The zero-order valence-corrected chi connectivity index (χ0v) is 58.5. The minimum Gasteiger partial charge on any atom is -0.480 e. The number of rotatable bonds is 62. The smallest absolute Gasteiger partial charge is 0.326 e. The molecule has 0 unspecified atom stereocenters. The number of carbonyl (C=O) groups is 11. The summed E-state index contributed by atoms with van der Waals surface area (Å²) >= 11 is 4.10. The first-order valence-corrected chi connectivity index (χ1v) is 35.9. The second-order valence-corrected chi connectivity index (χ2v) is 24.9. The molecule has 0 spiro atoms. The molecule has 0 rings (SSSR count). The second kappa shape index (κ2) is 57.9. The summed E-state index contributed by atoms with van der Waals surface area (Å²) in [5.41, 5.74) is 63.9. The molecule has 0 bridgehead atoms. The number of nitrogens with one attached hydrogen (secondary N) is 10. The summed E-state index contributed by atoms with van der Waals surface area (Å²) in [6, 6.07) is -13.5. The lowest BCUT2D eigenvalue weighted by Gasteiger charge is -2.29. The first kappa shape index (κ1) is 91.1. The lowest BCUT2D eigenvalue weighted by Crippen LogP contribution is -2.60. The van der Waals surface area contributed by atoms with Crippen LogP contribution in [-0.4, -0.2) is 208 Å². The van der Waals surface area contributed by atoms with Gasteiger partial charge in [-0.25, -0.2) is 4.79 Å². The molecule has 0 saturated heterocycles. The Morgan fingerprint density at radius 3 is 0.474 bits per heavy atom. The number of carboxylic acids is 1. The molecule has 562 valence electrons. The van der Waals surface area contributed by atoms with Crippen molar-refractivity contribution in [3.8, 4) is 0 Å². The lowest BCUT2D eigenvalue weighted by atomic mass is 10.0. The predicted octanol–water partition coefficient (Wildman–Crippen LogP) is -4.53. The van der Waals surface area contributed by atoms with Gasteiger partial charge in [-0.1, -0.05) is 0 Å². The van der Waals surface area contributed by atoms with Crippen molar-refractivity contribution in [3.63, 3.8) is 0 Å². The van der Waals surface area contributed by atoms with Crippen molar-refractivity contribution in [3.05, 3.63) is 0 Å². The van der Waals surface area contributed by atoms with Crippen molar-refractivity contribution in [1.29, 1.82) is 0 Å². The van der Waals surface area contributed by atoms with Crippen LogP contribution in [-0.2, 0) is 52.7 Å². The summed E-state index contributed by atoms with van der Waals surface area (Å²) in [6.07, 6.45) is 9.39. The highest BCUT2D eigenvalue weighted by Gasteiger charge is 2.36. The topological polar surface area (TPSA) is 615 Å². The Balaban J connectivity index is 7.25. The largest absolute Gasteiger partial charge is 0.480 e. The van der Waals surface area contributed by atoms with Crippen molar-refractivity contribution >= 4 is 77.7 Å². The molecule has 0 aromatic heterocycles. The van der Waals surface area contributed by atoms with Crippen molar-refractivity contribution < 1.29 is 57.8 Å². The van der Waals surface area contributed by atoms with Gasteiger partial charge in [-0.05, 0) is 258 Å². The normalized spacial score (nSPS) is 14.7. The van der Waals surface area contributed by atoms with Crippen LogP contribution in [0.15, 0.2) is 0 Å². The van der Waals surface area contributed by atoms with Gasteiger partial charge in [-0.3, -0.25) is 47.9 Å². The van der Waals surface area contributed by atoms with Gasteiger partial charge in [-0.2, -0.15) is 12.6 Å². The minimum atomic E-state index is -1.31. The number of amides is 10. The van der Waals surface area contributed by atoms with Gasteiger partial charge in [0.1, 0.15) is 60.4 Å². The van der Waals surface area contributed by atoms with Crippen LogP contribution < -0.4 is 116 Å². The number of carbonyl (C=O) groups excluding carboxylic acids is 10. The average Bonchev–Trinajstić information content (AvgIpc) is 1.17. The summed E-state index contributed by atoms with van der Waals surface area (Å²) < 4.78 is 0. The number of unbranched alkanes of at least 4 members (excludes halogenated alkanes) is 10. The highest BCUT2D eigenvalue weighted by Crippen LogP contribution is 2.15. The Morgan fingerprint density at radius 1 is 0.227 bits per heavy atom. The van der Waals surface area contributed by atoms with Crippen LogP contribution in [0.1, 0.15) is 193 Å². The number of carboxylic acid groups (broad SMARTS) is 1. The molecule has 11 atom stereocenters. The van der Waals surface area contributed by atoms with E-state index in [4.69, 9.17) is 63.1 Å². The average molecular weight is 1400 g/mol. The van der Waals surface area contributed by atoms with E-state index in [0.29, 0.717) is 155 Å². The number of nitrogens with two attached hydrogens (primary N) is 11. The van der Waals surface area contributed by atoms with Crippen molar-refractivity contribution in [2.24, 2.45) is 63.1 Å². The summed E-state index contributed by atoms with van der Waals surface area (Å²) in [5.74, 6) is -8.58. The molecule has 0 radical (unpaired) electrons. The maximum Gasteiger partial charge on any atom is 0.326 e. The van der Waals surface area contributed by atoms with Crippen molar-refractivity contribution in [2.75, 3.05) is 71.2 Å². The van der Waals surface area contributed by atoms with Crippen LogP contribution in [0.25, 0.3) is 0 Å². The monoisotopic (exact) mass is 1400 g/mol. The van der Waals surface area contributed by atoms with E-state index in [1.165, 1.54) is 0 Å². The Kier molecular flexibility index (Phi) is 54.4. The summed E-state index contributed by atoms with van der Waals surface area (Å²) in [4.78, 5) is 154. The van der Waals surface area contributed by atoms with Gasteiger partial charge in [0.2, 0.25) is 59.1 Å². The third kappa shape index (κ3) is 41.3. The van der Waals surface area contributed by atoms with E-state index in [-0.39, 0.29) is 109 Å². The van der Waals surface area contributed by atoms with Crippen LogP contribution in [0.5, 0.6) is 0 Å². The molecule has 10 amide bonds. The maximum absolute atomic E-state index is 14.7. The number of thiol groups is 1. The third-order valence-electron chi connectivity index (χ3n) is 16.3. The predicted molar refractivity (Wildman–Crippen MR) is 378 cm³/mol. The van der Waals surface area contributed by atoms with Crippen LogP contribution in [0, 0.1) is 0 Å². The van der Waals surface area contributed by atoms with E-state index in [1.807, 2.05) is 0 Å². The van der Waals surface area contributed by atoms with E-state index >= 15 is 0 Å². The highest BCUT2D eigenvalue weighted by atomic mass is 32.1. The zero-order chi connectivity index (χ0) is 72.8. The molecule has 97 heavy (non-hydrogen) atoms. The fourth-order valence-corrected chi connectivity index (χ4v) is 10.6. The van der Waals surface area contributed by atoms with Gasteiger partial charge in [0.25, 0.3) is 0 Å². The minimum absolute atomic E-state index is 0.00917. The molecule has 34 heteroatoms. The molecular weight excluding hydrogens is 1270 g/mol. The quantitative estimate of drug-likeness (QED) is 0.0201. The molecule has 0 aromatic carbocycles. The Labute approximate surface area is 579 Å². The Morgan fingerprint density at radius 2 is 0.351 bits per heavy atom. The summed E-state index contributed by atoms with van der Waals surface area (Å²) in [6.45, 7) is 2.77. The van der Waals surface area contributed by atoms with Crippen molar-refractivity contribution in [2.45, 2.75) is 259 Å². The summed E-state index contributed by atoms with van der Waals surface area (Å²) in [7, 11) is 0. The highest BCUT2D eigenvalue weighted by molar-refractivity contribution is 7.80. The number of hydrogen-bond donors (Lipinski definition) is 23. The fourth-order valence-electron chi connectivity index (χ4n) is 10.4. The van der Waals surface area contributed by atoms with Gasteiger partial charge in [0, 0.05) is 5.75 Å². The molecular formula is C63H127N21O12S. The zero-order valence-electron chi connectivity index (χ0n) is 57.6. The van der Waals surface area contributed by atoms with E-state index in [9.17, 15) is 57.8 Å². The van der Waals surface area contributed by atoms with E-state index < -0.39 is 132 Å². The van der Waals surface area contributed by atoms with Gasteiger partial charge in [0.15, 0.2) is 0 Å². The van der Waals surface area contributed by atoms with Gasteiger partial charge in [0.05, 0.1) is 6.04 Å². The molecule has 0 aliphatic carbocycles. The lowest BCUT2D eigenvalue weighted by molar-refractivity contribution is -0.142. The van der Waals surface area contributed by atoms with Gasteiger partial charge in [-0.15, -0.1) is 0 Å². The van der Waals surface area contributed by atoms with Crippen LogP contribution in [0.4, 0.5) is 0 Å². The first-order valence-electron chi connectivity index (χ1n) is 35.3. The third-order valence-corrected chi connectivity index (χ3v) is 16.7. The number of aliphatic carboxylic acids is 1. The molecule has 0 aliphatic heterocycles. The van der Waals surface area contributed by atoms with Crippen LogP contribution >= 0.6 is 12.6 Å².